The van der Waals surface area contributed by atoms with Crippen molar-refractivity contribution in [3.63, 3.8) is 0 Å². The van der Waals surface area contributed by atoms with Gasteiger partial charge in [-0.05, 0) is 12.3 Å². The van der Waals surface area contributed by atoms with Gasteiger partial charge in [0, 0.05) is 32.2 Å². The van der Waals surface area contributed by atoms with Gasteiger partial charge in [0.25, 0.3) is 0 Å². The molecule has 2 atom stereocenters. The molecule has 0 spiro atoms. The van der Waals surface area contributed by atoms with E-state index in [2.05, 4.69) is 24.5 Å². The molecule has 0 radical (unpaired) electrons. The highest BCUT2D eigenvalue weighted by molar-refractivity contribution is 5.76. The van der Waals surface area contributed by atoms with E-state index in [4.69, 9.17) is 4.74 Å². The van der Waals surface area contributed by atoms with E-state index in [1.165, 1.54) is 0 Å². The molecule has 0 aromatic carbocycles. The van der Waals surface area contributed by atoms with Crippen LogP contribution >= 0.6 is 0 Å². The number of carbonyl (C=O) groups excluding carboxylic acids is 1. The van der Waals surface area contributed by atoms with Crippen LogP contribution in [0.5, 0.6) is 0 Å². The molecule has 1 saturated heterocycles. The summed E-state index contributed by atoms with van der Waals surface area (Å²) in [5.74, 6) is 0.712. The fourth-order valence-electron chi connectivity index (χ4n) is 1.79. The van der Waals surface area contributed by atoms with Crippen LogP contribution < -0.4 is 10.6 Å². The lowest BCUT2D eigenvalue weighted by molar-refractivity contribution is -0.122. The molecule has 0 aromatic heterocycles. The molecule has 15 heavy (non-hydrogen) atoms. The third kappa shape index (κ3) is 4.18. The van der Waals surface area contributed by atoms with Crippen molar-refractivity contribution in [3.05, 3.63) is 0 Å². The van der Waals surface area contributed by atoms with Crippen molar-refractivity contribution in [2.45, 2.75) is 38.8 Å². The summed E-state index contributed by atoms with van der Waals surface area (Å²) in [6, 6.07) is 0.764. The molecular formula is C11H22N2O2. The number of methoxy groups -OCH3 is 1. The molecule has 1 fully saturated rings. The summed E-state index contributed by atoms with van der Waals surface area (Å²) >= 11 is 0. The molecule has 1 heterocycles. The van der Waals surface area contributed by atoms with Gasteiger partial charge in [0.1, 0.15) is 0 Å². The van der Waals surface area contributed by atoms with Crippen molar-refractivity contribution in [1.29, 1.82) is 0 Å². The van der Waals surface area contributed by atoms with Crippen molar-refractivity contribution < 1.29 is 9.53 Å². The first-order valence-electron chi connectivity index (χ1n) is 5.65. The SMILES string of the molecule is COCC(NC1CCC(=O)NC1)C(C)C. The highest BCUT2D eigenvalue weighted by Crippen LogP contribution is 2.08. The van der Waals surface area contributed by atoms with Gasteiger partial charge in [-0.2, -0.15) is 0 Å². The van der Waals surface area contributed by atoms with E-state index in [1.54, 1.807) is 7.11 Å². The zero-order valence-electron chi connectivity index (χ0n) is 9.88. The maximum atomic E-state index is 11.0. The first kappa shape index (κ1) is 12.5. The van der Waals surface area contributed by atoms with Gasteiger partial charge in [-0.1, -0.05) is 13.8 Å². The minimum Gasteiger partial charge on any atom is -0.383 e. The fourth-order valence-corrected chi connectivity index (χ4v) is 1.79. The smallest absolute Gasteiger partial charge is 0.220 e. The van der Waals surface area contributed by atoms with Gasteiger partial charge < -0.3 is 15.4 Å². The van der Waals surface area contributed by atoms with Crippen molar-refractivity contribution >= 4 is 5.91 Å². The summed E-state index contributed by atoms with van der Waals surface area (Å²) in [6.07, 6.45) is 1.56. The second kappa shape index (κ2) is 6.08. The fraction of sp³-hybridized carbons (Fsp3) is 0.909. The standard InChI is InChI=1S/C11H22N2O2/c1-8(2)10(7-15-3)13-9-4-5-11(14)12-6-9/h8-10,13H,4-7H2,1-3H3,(H,12,14). The molecule has 0 bridgehead atoms. The number of piperidine rings is 1. The lowest BCUT2D eigenvalue weighted by Crippen LogP contribution is -2.51. The van der Waals surface area contributed by atoms with Crippen LogP contribution in [0.15, 0.2) is 0 Å². The van der Waals surface area contributed by atoms with Gasteiger partial charge in [-0.25, -0.2) is 0 Å². The van der Waals surface area contributed by atoms with Crippen molar-refractivity contribution in [3.8, 4) is 0 Å². The molecule has 1 aliphatic rings. The van der Waals surface area contributed by atoms with Crippen LogP contribution in [-0.4, -0.2) is 38.3 Å². The molecular weight excluding hydrogens is 192 g/mol. The predicted octanol–water partition coefficient (Wildman–Crippen LogP) is 0.526. The Balaban J connectivity index is 2.34. The normalized spacial score (nSPS) is 24.0. The maximum absolute atomic E-state index is 11.0. The molecule has 2 unspecified atom stereocenters. The Labute approximate surface area is 91.8 Å². The number of nitrogens with one attached hydrogen (secondary N) is 2. The first-order valence-corrected chi connectivity index (χ1v) is 5.65. The Morgan fingerprint density at radius 1 is 1.60 bits per heavy atom. The summed E-state index contributed by atoms with van der Waals surface area (Å²) < 4.78 is 5.18. The molecule has 4 nitrogen and oxygen atoms in total. The Hall–Kier alpha value is -0.610. The molecule has 88 valence electrons. The Morgan fingerprint density at radius 2 is 2.33 bits per heavy atom. The van der Waals surface area contributed by atoms with Gasteiger partial charge >= 0.3 is 0 Å². The zero-order chi connectivity index (χ0) is 11.3. The lowest BCUT2D eigenvalue weighted by Gasteiger charge is -2.30. The molecule has 1 aliphatic heterocycles. The molecule has 2 N–H and O–H groups in total. The summed E-state index contributed by atoms with van der Waals surface area (Å²) in [5.41, 5.74) is 0. The van der Waals surface area contributed by atoms with Gasteiger partial charge in [-0.3, -0.25) is 4.79 Å². The number of hydrogen-bond donors (Lipinski definition) is 2. The van der Waals surface area contributed by atoms with E-state index in [9.17, 15) is 4.79 Å². The summed E-state index contributed by atoms with van der Waals surface area (Å²) in [7, 11) is 1.72. The van der Waals surface area contributed by atoms with Crippen molar-refractivity contribution in [1.82, 2.24) is 10.6 Å². The van der Waals surface area contributed by atoms with Crippen LogP contribution in [0.1, 0.15) is 26.7 Å². The Morgan fingerprint density at radius 3 is 2.80 bits per heavy atom. The van der Waals surface area contributed by atoms with E-state index >= 15 is 0 Å². The average molecular weight is 214 g/mol. The summed E-state index contributed by atoms with van der Waals surface area (Å²) in [4.78, 5) is 11.0. The van der Waals surface area contributed by atoms with Crippen LogP contribution in [0.25, 0.3) is 0 Å². The highest BCUT2D eigenvalue weighted by atomic mass is 16.5. The minimum atomic E-state index is 0.167. The minimum absolute atomic E-state index is 0.167. The van der Waals surface area contributed by atoms with Gasteiger partial charge in [0.15, 0.2) is 0 Å². The molecule has 1 amide bonds. The quantitative estimate of drug-likeness (QED) is 0.701. The van der Waals surface area contributed by atoms with E-state index in [-0.39, 0.29) is 5.91 Å². The van der Waals surface area contributed by atoms with Crippen LogP contribution in [0.3, 0.4) is 0 Å². The monoisotopic (exact) mass is 214 g/mol. The number of hydrogen-bond acceptors (Lipinski definition) is 3. The topological polar surface area (TPSA) is 50.4 Å². The summed E-state index contributed by atoms with van der Waals surface area (Å²) in [5, 5.41) is 6.41. The first-order chi connectivity index (χ1) is 7.13. The number of amides is 1. The van der Waals surface area contributed by atoms with Crippen molar-refractivity contribution in [2.75, 3.05) is 20.3 Å². The lowest BCUT2D eigenvalue weighted by atomic mass is 10.0. The third-order valence-electron chi connectivity index (χ3n) is 2.87. The van der Waals surface area contributed by atoms with Crippen LogP contribution in [0.4, 0.5) is 0 Å². The van der Waals surface area contributed by atoms with Crippen LogP contribution in [-0.2, 0) is 9.53 Å². The number of ether oxygens (including phenoxy) is 1. The van der Waals surface area contributed by atoms with E-state index < -0.39 is 0 Å². The molecule has 1 rings (SSSR count). The van der Waals surface area contributed by atoms with E-state index in [1.807, 2.05) is 0 Å². The van der Waals surface area contributed by atoms with E-state index in [0.717, 1.165) is 19.6 Å². The molecule has 0 aliphatic carbocycles. The molecule has 0 aromatic rings. The Kier molecular flexibility index (Phi) is 5.05. The molecule has 4 heteroatoms. The summed E-state index contributed by atoms with van der Waals surface area (Å²) in [6.45, 7) is 5.82. The largest absolute Gasteiger partial charge is 0.383 e. The zero-order valence-corrected chi connectivity index (χ0v) is 9.88. The van der Waals surface area contributed by atoms with E-state index in [0.29, 0.717) is 24.4 Å². The van der Waals surface area contributed by atoms with Gasteiger partial charge in [0.2, 0.25) is 5.91 Å². The molecule has 0 saturated carbocycles. The van der Waals surface area contributed by atoms with Gasteiger partial charge in [0.05, 0.1) is 6.61 Å². The van der Waals surface area contributed by atoms with Crippen molar-refractivity contribution in [2.24, 2.45) is 5.92 Å². The Bertz CT molecular complexity index is 197. The predicted molar refractivity (Wildman–Crippen MR) is 59.7 cm³/mol. The maximum Gasteiger partial charge on any atom is 0.220 e. The second-order valence-corrected chi connectivity index (χ2v) is 4.51. The van der Waals surface area contributed by atoms with Gasteiger partial charge in [-0.15, -0.1) is 0 Å². The highest BCUT2D eigenvalue weighted by Gasteiger charge is 2.22. The number of carbonyl (C=O) groups is 1. The second-order valence-electron chi connectivity index (χ2n) is 4.51. The third-order valence-corrected chi connectivity index (χ3v) is 2.87. The van der Waals surface area contributed by atoms with Crippen LogP contribution in [0, 0.1) is 5.92 Å². The van der Waals surface area contributed by atoms with Crippen LogP contribution in [0.2, 0.25) is 0 Å². The average Bonchev–Trinajstić information content (AvgIpc) is 2.20. The number of rotatable bonds is 5.